The molecule has 2 rings (SSSR count). The maximum atomic E-state index is 12.4. The summed E-state index contributed by atoms with van der Waals surface area (Å²) in [6.07, 6.45) is 1.81. The molecular weight excluding hydrogens is 252 g/mol. The molecule has 0 saturated carbocycles. The Bertz CT molecular complexity index is 427. The lowest BCUT2D eigenvalue weighted by Gasteiger charge is -2.38. The van der Waals surface area contributed by atoms with Crippen LogP contribution in [0.15, 0.2) is 24.4 Å². The number of carbonyl (C=O) groups is 1. The molecule has 0 unspecified atom stereocenters. The summed E-state index contributed by atoms with van der Waals surface area (Å²) in [4.78, 5) is 22.9. The number of carbonyl (C=O) groups excluding carboxylic acids is 1. The minimum Gasteiger partial charge on any atom is -0.353 e. The summed E-state index contributed by atoms with van der Waals surface area (Å²) in [5, 5.41) is 0. The molecule has 0 aliphatic carbocycles. The second kappa shape index (κ2) is 6.59. The van der Waals surface area contributed by atoms with Crippen LogP contribution >= 0.6 is 0 Å². The van der Waals surface area contributed by atoms with E-state index in [1.165, 1.54) is 0 Å². The summed E-state index contributed by atoms with van der Waals surface area (Å²) in [5.74, 6) is 0.996. The van der Waals surface area contributed by atoms with Crippen LogP contribution in [-0.4, -0.2) is 59.6 Å². The molecule has 1 fully saturated rings. The molecule has 5 nitrogen and oxygen atoms in total. The Morgan fingerprint density at radius 1 is 1.30 bits per heavy atom. The molecule has 110 valence electrons. The van der Waals surface area contributed by atoms with Gasteiger partial charge in [-0.15, -0.1) is 0 Å². The third-order valence-electron chi connectivity index (χ3n) is 3.73. The number of pyridine rings is 1. The van der Waals surface area contributed by atoms with E-state index in [-0.39, 0.29) is 12.1 Å². The largest absolute Gasteiger partial charge is 0.353 e. The molecule has 1 saturated heterocycles. The Kier molecular flexibility index (Phi) is 4.82. The zero-order chi connectivity index (χ0) is 14.5. The van der Waals surface area contributed by atoms with Gasteiger partial charge in [0.1, 0.15) is 5.82 Å². The first kappa shape index (κ1) is 14.6. The Morgan fingerprint density at radius 3 is 2.50 bits per heavy atom. The van der Waals surface area contributed by atoms with Crippen molar-refractivity contribution < 1.29 is 4.79 Å². The predicted octanol–water partition coefficient (Wildman–Crippen LogP) is 2.05. The van der Waals surface area contributed by atoms with E-state index in [1.807, 2.05) is 41.1 Å². The van der Waals surface area contributed by atoms with Crippen LogP contribution in [0, 0.1) is 0 Å². The maximum absolute atomic E-state index is 12.4. The van der Waals surface area contributed by atoms with Crippen LogP contribution < -0.4 is 4.90 Å². The zero-order valence-corrected chi connectivity index (χ0v) is 12.6. The van der Waals surface area contributed by atoms with E-state index >= 15 is 0 Å². The van der Waals surface area contributed by atoms with Gasteiger partial charge in [0, 0.05) is 45.0 Å². The van der Waals surface area contributed by atoms with Crippen molar-refractivity contribution in [1.29, 1.82) is 0 Å². The van der Waals surface area contributed by atoms with Crippen molar-refractivity contribution in [3.05, 3.63) is 24.4 Å². The minimum absolute atomic E-state index is 0.156. The van der Waals surface area contributed by atoms with Gasteiger partial charge in [0.25, 0.3) is 0 Å². The van der Waals surface area contributed by atoms with E-state index in [1.54, 1.807) is 0 Å². The third kappa shape index (κ3) is 3.21. The summed E-state index contributed by atoms with van der Waals surface area (Å²) in [6, 6.07) is 6.34. The minimum atomic E-state index is 0.156. The zero-order valence-electron chi connectivity index (χ0n) is 12.6. The lowest BCUT2D eigenvalue weighted by molar-refractivity contribution is 0.140. The van der Waals surface area contributed by atoms with Crippen molar-refractivity contribution in [3.8, 4) is 0 Å². The first-order valence-corrected chi connectivity index (χ1v) is 7.35. The van der Waals surface area contributed by atoms with Crippen LogP contribution in [0.1, 0.15) is 20.8 Å². The number of amides is 2. The Morgan fingerprint density at radius 2 is 2.00 bits per heavy atom. The number of nitrogens with zero attached hydrogens (tertiary/aromatic N) is 4. The Hall–Kier alpha value is -1.78. The molecule has 2 heterocycles. The number of anilines is 1. The van der Waals surface area contributed by atoms with Gasteiger partial charge in [-0.2, -0.15) is 0 Å². The highest BCUT2D eigenvalue weighted by Gasteiger charge is 2.26. The maximum Gasteiger partial charge on any atom is 0.320 e. The van der Waals surface area contributed by atoms with Crippen molar-refractivity contribution in [3.63, 3.8) is 0 Å². The van der Waals surface area contributed by atoms with Gasteiger partial charge < -0.3 is 14.7 Å². The third-order valence-corrected chi connectivity index (χ3v) is 3.73. The number of piperazine rings is 1. The molecule has 0 atom stereocenters. The standard InChI is InChI=1S/C15H24N4O/c1-4-19(13(2)3)15(20)18-11-9-17(10-12-18)14-7-5-6-8-16-14/h5-8,13H,4,9-12H2,1-3H3. The van der Waals surface area contributed by atoms with E-state index < -0.39 is 0 Å². The highest BCUT2D eigenvalue weighted by molar-refractivity contribution is 5.75. The molecule has 0 radical (unpaired) electrons. The van der Waals surface area contributed by atoms with Crippen molar-refractivity contribution in [2.24, 2.45) is 0 Å². The SMILES string of the molecule is CCN(C(=O)N1CCN(c2ccccn2)CC1)C(C)C. The second-order valence-electron chi connectivity index (χ2n) is 5.32. The van der Waals surface area contributed by atoms with Crippen molar-refractivity contribution >= 4 is 11.8 Å². The quantitative estimate of drug-likeness (QED) is 0.848. The molecule has 20 heavy (non-hydrogen) atoms. The van der Waals surface area contributed by atoms with Gasteiger partial charge in [0.05, 0.1) is 0 Å². The number of rotatable bonds is 3. The molecule has 1 aromatic heterocycles. The van der Waals surface area contributed by atoms with Crippen LogP contribution in [0.25, 0.3) is 0 Å². The highest BCUT2D eigenvalue weighted by Crippen LogP contribution is 2.14. The molecule has 1 aromatic rings. The van der Waals surface area contributed by atoms with E-state index in [4.69, 9.17) is 0 Å². The molecular formula is C15H24N4O. The average molecular weight is 276 g/mol. The topological polar surface area (TPSA) is 39.7 Å². The van der Waals surface area contributed by atoms with Crippen LogP contribution in [-0.2, 0) is 0 Å². The highest BCUT2D eigenvalue weighted by atomic mass is 16.2. The van der Waals surface area contributed by atoms with E-state index in [0.717, 1.165) is 38.5 Å². The van der Waals surface area contributed by atoms with Gasteiger partial charge in [-0.05, 0) is 32.9 Å². The van der Waals surface area contributed by atoms with Gasteiger partial charge in [0.2, 0.25) is 0 Å². The monoisotopic (exact) mass is 276 g/mol. The normalized spacial score (nSPS) is 15.6. The van der Waals surface area contributed by atoms with Gasteiger partial charge >= 0.3 is 6.03 Å². The molecule has 0 aromatic carbocycles. The average Bonchev–Trinajstić information content (AvgIpc) is 2.48. The van der Waals surface area contributed by atoms with E-state index in [2.05, 4.69) is 23.7 Å². The van der Waals surface area contributed by atoms with Gasteiger partial charge in [-0.25, -0.2) is 9.78 Å². The van der Waals surface area contributed by atoms with Crippen LogP contribution in [0.5, 0.6) is 0 Å². The van der Waals surface area contributed by atoms with Crippen molar-refractivity contribution in [2.45, 2.75) is 26.8 Å². The molecule has 1 aliphatic heterocycles. The number of hydrogen-bond acceptors (Lipinski definition) is 3. The molecule has 1 aliphatic rings. The Balaban J connectivity index is 1.93. The molecule has 0 N–H and O–H groups in total. The van der Waals surface area contributed by atoms with Gasteiger partial charge in [0.15, 0.2) is 0 Å². The number of aromatic nitrogens is 1. The lowest BCUT2D eigenvalue weighted by Crippen LogP contribution is -2.54. The number of urea groups is 1. The van der Waals surface area contributed by atoms with Crippen molar-refractivity contribution in [2.75, 3.05) is 37.6 Å². The lowest BCUT2D eigenvalue weighted by atomic mass is 10.3. The summed E-state index contributed by atoms with van der Waals surface area (Å²) in [5.41, 5.74) is 0. The fraction of sp³-hybridized carbons (Fsp3) is 0.600. The first-order valence-electron chi connectivity index (χ1n) is 7.35. The smallest absolute Gasteiger partial charge is 0.320 e. The molecule has 5 heteroatoms. The van der Waals surface area contributed by atoms with Crippen molar-refractivity contribution in [1.82, 2.24) is 14.8 Å². The molecule has 0 spiro atoms. The van der Waals surface area contributed by atoms with E-state index in [9.17, 15) is 4.79 Å². The second-order valence-corrected chi connectivity index (χ2v) is 5.32. The first-order chi connectivity index (χ1) is 9.63. The molecule has 2 amide bonds. The fourth-order valence-electron chi connectivity index (χ4n) is 2.57. The summed E-state index contributed by atoms with van der Waals surface area (Å²) < 4.78 is 0. The van der Waals surface area contributed by atoms with Gasteiger partial charge in [-0.1, -0.05) is 6.07 Å². The van der Waals surface area contributed by atoms with Crippen LogP contribution in [0.4, 0.5) is 10.6 Å². The van der Waals surface area contributed by atoms with Crippen LogP contribution in [0.3, 0.4) is 0 Å². The fourth-order valence-corrected chi connectivity index (χ4v) is 2.57. The van der Waals surface area contributed by atoms with Crippen LogP contribution in [0.2, 0.25) is 0 Å². The Labute approximate surface area is 121 Å². The summed E-state index contributed by atoms with van der Waals surface area (Å²) in [7, 11) is 0. The number of hydrogen-bond donors (Lipinski definition) is 0. The van der Waals surface area contributed by atoms with E-state index in [0.29, 0.717) is 0 Å². The molecule has 0 bridgehead atoms. The predicted molar refractivity (Wildman–Crippen MR) is 80.9 cm³/mol. The summed E-state index contributed by atoms with van der Waals surface area (Å²) >= 11 is 0. The summed E-state index contributed by atoms with van der Waals surface area (Å²) in [6.45, 7) is 10.1. The van der Waals surface area contributed by atoms with Gasteiger partial charge in [-0.3, -0.25) is 0 Å².